The van der Waals surface area contributed by atoms with Crippen molar-refractivity contribution in [1.29, 1.82) is 0 Å². The molecule has 2 unspecified atom stereocenters. The summed E-state index contributed by atoms with van der Waals surface area (Å²) in [4.78, 5) is 72.9. The van der Waals surface area contributed by atoms with Gasteiger partial charge in [-0.05, 0) is 75.4 Å². The van der Waals surface area contributed by atoms with Crippen LogP contribution < -0.4 is 10.6 Å². The minimum Gasteiger partial charge on any atom is -0.507 e. The molecule has 4 N–H and O–H groups in total. The summed E-state index contributed by atoms with van der Waals surface area (Å²) in [5.41, 5.74) is 5.19. The van der Waals surface area contributed by atoms with Crippen LogP contribution in [0.2, 0.25) is 0 Å². The Morgan fingerprint density at radius 2 is 1.66 bits per heavy atom. The minimum absolute atomic E-state index is 0.0194. The molecule has 3 saturated carbocycles. The predicted octanol–water partition coefficient (Wildman–Crippen LogP) is 1.34. The van der Waals surface area contributed by atoms with Crippen LogP contribution in [0.25, 0.3) is 0 Å². The number of Topliss-reactive ketones (excluding diaryl/α,β-unsaturated/α-hetero) is 4. The lowest BCUT2D eigenvalue weighted by Gasteiger charge is -2.52. The van der Waals surface area contributed by atoms with Crippen LogP contribution in [0.5, 0.6) is 5.75 Å². The molecule has 6 atom stereocenters. The fourth-order valence-corrected chi connectivity index (χ4v) is 8.97. The zero-order valence-corrected chi connectivity index (χ0v) is 26.7. The largest absolute Gasteiger partial charge is 0.507 e. The number of rotatable bonds is 7. The summed E-state index contributed by atoms with van der Waals surface area (Å²) in [6, 6.07) is 0.464. The number of nitrogens with zero attached hydrogens (tertiary/aromatic N) is 3. The number of carbonyl (C=O) groups is 5. The van der Waals surface area contributed by atoms with Gasteiger partial charge in [-0.3, -0.25) is 28.9 Å². The predicted molar refractivity (Wildman–Crippen MR) is 163 cm³/mol. The first-order chi connectivity index (χ1) is 20.5. The van der Waals surface area contributed by atoms with Crippen molar-refractivity contribution in [3.05, 3.63) is 22.8 Å². The van der Waals surface area contributed by atoms with Crippen molar-refractivity contribution in [1.82, 2.24) is 9.80 Å². The number of ketones is 4. The van der Waals surface area contributed by atoms with Crippen molar-refractivity contribution in [2.75, 3.05) is 46.7 Å². The highest BCUT2D eigenvalue weighted by atomic mass is 16.3. The number of benzene rings is 1. The summed E-state index contributed by atoms with van der Waals surface area (Å²) in [7, 11) is 8.98. The smallest absolute Gasteiger partial charge is 0.235 e. The number of primary amides is 1. The molecular weight excluding hydrogens is 564 g/mol. The van der Waals surface area contributed by atoms with Crippen LogP contribution in [0.3, 0.4) is 0 Å². The Kier molecular flexibility index (Phi) is 8.31. The molecule has 0 radical (unpaired) electrons. The fraction of sp³-hybridized carbons (Fsp3) is 0.667. The highest BCUT2D eigenvalue weighted by Crippen LogP contribution is 2.52. The number of amides is 1. The molecule has 0 aliphatic heterocycles. The third kappa shape index (κ3) is 4.97. The monoisotopic (exact) mass is 610 g/mol. The third-order valence-corrected chi connectivity index (χ3v) is 10.7. The van der Waals surface area contributed by atoms with Crippen LogP contribution in [0.1, 0.15) is 66.9 Å². The van der Waals surface area contributed by atoms with E-state index in [1.54, 1.807) is 20.2 Å². The lowest BCUT2D eigenvalue weighted by atomic mass is 9.52. The van der Waals surface area contributed by atoms with Crippen molar-refractivity contribution < 1.29 is 34.2 Å². The van der Waals surface area contributed by atoms with Crippen molar-refractivity contribution >= 4 is 34.7 Å². The summed E-state index contributed by atoms with van der Waals surface area (Å²) in [5.74, 6) is -10.3. The Bertz CT molecular complexity index is 1410. The van der Waals surface area contributed by atoms with Gasteiger partial charge in [0, 0.05) is 38.8 Å². The summed E-state index contributed by atoms with van der Waals surface area (Å²) < 4.78 is 0. The Balaban J connectivity index is 1.55. The van der Waals surface area contributed by atoms with Gasteiger partial charge in [0.05, 0.1) is 17.5 Å². The maximum Gasteiger partial charge on any atom is 0.235 e. The number of phenolic OH excluding ortho intramolecular Hbond substituents is 1. The number of carbonyl (C=O) groups excluding carboxylic acids is 5. The fourth-order valence-electron chi connectivity index (χ4n) is 8.97. The quantitative estimate of drug-likeness (QED) is 0.384. The number of likely N-dealkylation sites (N-methyl/N-ethyl adjacent to an activating group) is 1. The molecule has 240 valence electrons. The Morgan fingerprint density at radius 3 is 2.23 bits per heavy atom. The van der Waals surface area contributed by atoms with Crippen molar-refractivity contribution in [3.8, 4) is 5.75 Å². The summed E-state index contributed by atoms with van der Waals surface area (Å²) in [5, 5.41) is 23.1. The van der Waals surface area contributed by atoms with Gasteiger partial charge in [-0.25, -0.2) is 0 Å². The second kappa shape index (κ2) is 11.3. The molecule has 3 fully saturated rings. The number of phenols is 1. The van der Waals surface area contributed by atoms with Gasteiger partial charge in [0.1, 0.15) is 5.75 Å². The summed E-state index contributed by atoms with van der Waals surface area (Å²) in [6.45, 7) is 3.78. The van der Waals surface area contributed by atoms with Crippen LogP contribution in [0.4, 0.5) is 5.69 Å². The molecule has 11 nitrogen and oxygen atoms in total. The number of aliphatic hydroxyl groups is 1. The molecule has 5 rings (SSSR count). The molecule has 1 aromatic carbocycles. The molecule has 11 heteroatoms. The molecule has 0 spiro atoms. The maximum absolute atomic E-state index is 14.1. The molecule has 1 aromatic rings. The van der Waals surface area contributed by atoms with E-state index in [9.17, 15) is 34.2 Å². The van der Waals surface area contributed by atoms with Crippen LogP contribution in [-0.4, -0.2) is 102 Å². The van der Waals surface area contributed by atoms with Gasteiger partial charge in [-0.2, -0.15) is 0 Å². The Morgan fingerprint density at radius 1 is 1.02 bits per heavy atom. The minimum atomic E-state index is -2.73. The first kappa shape index (κ1) is 32.2. The van der Waals surface area contributed by atoms with E-state index in [2.05, 4.69) is 18.9 Å². The lowest BCUT2D eigenvalue weighted by Crippen LogP contribution is -2.74. The highest BCUT2D eigenvalue weighted by molar-refractivity contribution is 6.32. The van der Waals surface area contributed by atoms with Crippen molar-refractivity contribution in [3.63, 3.8) is 0 Å². The van der Waals surface area contributed by atoms with E-state index < -0.39 is 64.4 Å². The number of fused-ring (bicyclic) bond motifs is 3. The van der Waals surface area contributed by atoms with Crippen LogP contribution in [0, 0.1) is 29.1 Å². The number of aromatic hydroxyl groups is 1. The molecular formula is C33H46N4O7. The molecule has 1 amide bonds. The van der Waals surface area contributed by atoms with E-state index in [4.69, 9.17) is 5.73 Å². The van der Waals surface area contributed by atoms with Crippen molar-refractivity contribution in [2.24, 2.45) is 34.8 Å². The highest BCUT2D eigenvalue weighted by Gasteiger charge is 2.69. The first-order valence-corrected chi connectivity index (χ1v) is 15.6. The molecule has 44 heavy (non-hydrogen) atoms. The topological polar surface area (TPSA) is 162 Å². The van der Waals surface area contributed by atoms with Gasteiger partial charge in [-0.15, -0.1) is 0 Å². The second-order valence-corrected chi connectivity index (χ2v) is 14.5. The number of hydrogen-bond donors (Lipinski definition) is 3. The van der Waals surface area contributed by atoms with E-state index in [1.165, 1.54) is 37.0 Å². The van der Waals surface area contributed by atoms with E-state index in [0.717, 1.165) is 17.8 Å². The number of nitrogens with two attached hydrogens (primary N) is 1. The second-order valence-electron chi connectivity index (χ2n) is 14.5. The Labute approximate surface area is 258 Å². The van der Waals surface area contributed by atoms with Crippen LogP contribution >= 0.6 is 0 Å². The van der Waals surface area contributed by atoms with Gasteiger partial charge in [0.2, 0.25) is 5.91 Å². The lowest BCUT2D eigenvalue weighted by molar-refractivity contribution is -0.181. The van der Waals surface area contributed by atoms with Crippen LogP contribution in [0.15, 0.2) is 6.07 Å². The summed E-state index contributed by atoms with van der Waals surface area (Å²) >= 11 is 0. The SMILES string of the molecule is CN(Cc1cc(O)c2c(c1N(C)C)C[C@H]1C[C@H]3[C@H](N(C)C)C(=O)C(C(N)=O)C(=O)[C@@]3(O)C(=O)C1C2=O)CC1(C)CCCCC1. The van der Waals surface area contributed by atoms with E-state index >= 15 is 0 Å². The molecule has 0 saturated heterocycles. The number of anilines is 1. The van der Waals surface area contributed by atoms with Crippen LogP contribution in [-0.2, 0) is 32.1 Å². The molecule has 4 aliphatic carbocycles. The van der Waals surface area contributed by atoms with E-state index in [1.807, 2.05) is 19.0 Å². The van der Waals surface area contributed by atoms with E-state index in [0.29, 0.717) is 12.1 Å². The zero-order chi connectivity index (χ0) is 32.5. The van der Waals surface area contributed by atoms with Gasteiger partial charge in [0.15, 0.2) is 34.7 Å². The molecule has 0 bridgehead atoms. The van der Waals surface area contributed by atoms with Gasteiger partial charge < -0.3 is 25.7 Å². The number of hydrogen-bond acceptors (Lipinski definition) is 10. The van der Waals surface area contributed by atoms with Gasteiger partial charge >= 0.3 is 0 Å². The standard InChI is InChI=1S/C33H46N4O7/c1-32(10-8-7-9-11-32)16-37(6)15-18-14-21(38)23-19(25(18)35(2)3)12-17-13-20-26(36(4)5)28(40)24(31(34)43)30(42)33(20,44)29(41)22(17)27(23)39/h14,17,20,22,24,26,38,44H,7-13,15-16H2,1-6H3,(H2,34,43)/t17-,20-,22?,24?,26-,33-/m0/s1. The summed E-state index contributed by atoms with van der Waals surface area (Å²) in [6.07, 6.45) is 6.32. The average Bonchev–Trinajstić information content (AvgIpc) is 2.90. The molecule has 0 aromatic heterocycles. The van der Waals surface area contributed by atoms with Gasteiger partial charge in [0.25, 0.3) is 0 Å². The Hall–Kier alpha value is -3.15. The zero-order valence-electron chi connectivity index (χ0n) is 26.7. The van der Waals surface area contributed by atoms with Gasteiger partial charge in [-0.1, -0.05) is 26.2 Å². The third-order valence-electron chi connectivity index (χ3n) is 10.7. The molecule has 4 aliphatic rings. The first-order valence-electron chi connectivity index (χ1n) is 15.6. The molecule has 0 heterocycles. The average molecular weight is 611 g/mol. The normalized spacial score (nSPS) is 31.5. The van der Waals surface area contributed by atoms with Crippen molar-refractivity contribution in [2.45, 2.75) is 70.1 Å². The van der Waals surface area contributed by atoms with E-state index in [-0.39, 0.29) is 29.6 Å². The maximum atomic E-state index is 14.1.